The van der Waals surface area contributed by atoms with Gasteiger partial charge in [0.1, 0.15) is 5.82 Å². The summed E-state index contributed by atoms with van der Waals surface area (Å²) < 4.78 is 5.14. The predicted molar refractivity (Wildman–Crippen MR) is 90.1 cm³/mol. The standard InChI is InChI=1S/C16H26ClN3O/c1-6-7-20(8-9-21-5)15-10-13(14(17)12-18-15)11-19-16(2,3)4/h6,10,12,19H,1,7-9,11H2,2-5H3. The number of pyridine rings is 1. The van der Waals surface area contributed by atoms with E-state index < -0.39 is 0 Å². The summed E-state index contributed by atoms with van der Waals surface area (Å²) in [5.74, 6) is 0.891. The summed E-state index contributed by atoms with van der Waals surface area (Å²) in [6.07, 6.45) is 3.57. The first-order valence-electron chi connectivity index (χ1n) is 7.11. The first-order valence-corrected chi connectivity index (χ1v) is 7.49. The largest absolute Gasteiger partial charge is 0.383 e. The van der Waals surface area contributed by atoms with Crippen LogP contribution in [0.3, 0.4) is 0 Å². The van der Waals surface area contributed by atoms with Crippen molar-refractivity contribution in [3.8, 4) is 0 Å². The summed E-state index contributed by atoms with van der Waals surface area (Å²) in [6.45, 7) is 13.0. The topological polar surface area (TPSA) is 37.4 Å². The molecule has 0 saturated heterocycles. The monoisotopic (exact) mass is 311 g/mol. The van der Waals surface area contributed by atoms with Crippen LogP contribution in [0.2, 0.25) is 5.02 Å². The van der Waals surface area contributed by atoms with Gasteiger partial charge in [0.05, 0.1) is 11.6 Å². The van der Waals surface area contributed by atoms with E-state index in [0.29, 0.717) is 18.2 Å². The Morgan fingerprint density at radius 2 is 2.19 bits per heavy atom. The second-order valence-corrected chi connectivity index (χ2v) is 6.37. The lowest BCUT2D eigenvalue weighted by Crippen LogP contribution is -2.35. The molecule has 1 aromatic heterocycles. The van der Waals surface area contributed by atoms with E-state index >= 15 is 0 Å². The zero-order chi connectivity index (χ0) is 15.9. The Hall–Kier alpha value is -1.10. The molecule has 0 amide bonds. The number of methoxy groups -OCH3 is 1. The second kappa shape index (κ2) is 8.37. The van der Waals surface area contributed by atoms with Crippen molar-refractivity contribution in [1.82, 2.24) is 10.3 Å². The molecule has 21 heavy (non-hydrogen) atoms. The molecule has 1 heterocycles. The van der Waals surface area contributed by atoms with Gasteiger partial charge in [-0.3, -0.25) is 0 Å². The molecule has 0 atom stereocenters. The molecular weight excluding hydrogens is 286 g/mol. The first kappa shape index (κ1) is 18.0. The summed E-state index contributed by atoms with van der Waals surface area (Å²) >= 11 is 6.25. The highest BCUT2D eigenvalue weighted by molar-refractivity contribution is 6.31. The van der Waals surface area contributed by atoms with Gasteiger partial charge in [-0.25, -0.2) is 4.98 Å². The minimum atomic E-state index is 0.0453. The molecule has 5 heteroatoms. The van der Waals surface area contributed by atoms with E-state index in [1.54, 1.807) is 13.3 Å². The van der Waals surface area contributed by atoms with Gasteiger partial charge in [0.15, 0.2) is 0 Å². The third kappa shape index (κ3) is 6.46. The van der Waals surface area contributed by atoms with Gasteiger partial charge in [-0.15, -0.1) is 6.58 Å². The Kier molecular flexibility index (Phi) is 7.15. The summed E-state index contributed by atoms with van der Waals surface area (Å²) in [7, 11) is 1.69. The van der Waals surface area contributed by atoms with E-state index in [4.69, 9.17) is 16.3 Å². The van der Waals surface area contributed by atoms with Crippen molar-refractivity contribution in [2.24, 2.45) is 0 Å². The van der Waals surface area contributed by atoms with E-state index in [0.717, 1.165) is 24.5 Å². The van der Waals surface area contributed by atoms with Crippen molar-refractivity contribution in [3.05, 3.63) is 35.5 Å². The highest BCUT2D eigenvalue weighted by atomic mass is 35.5. The highest BCUT2D eigenvalue weighted by Gasteiger charge is 2.13. The molecule has 0 aliphatic rings. The molecule has 1 rings (SSSR count). The van der Waals surface area contributed by atoms with Crippen LogP contribution in [0, 0.1) is 0 Å². The van der Waals surface area contributed by atoms with Gasteiger partial charge in [0, 0.05) is 38.5 Å². The zero-order valence-corrected chi connectivity index (χ0v) is 14.2. The normalized spacial score (nSPS) is 11.5. The summed E-state index contributed by atoms with van der Waals surface area (Å²) in [4.78, 5) is 6.54. The van der Waals surface area contributed by atoms with E-state index in [2.05, 4.69) is 42.6 Å². The molecule has 4 nitrogen and oxygen atoms in total. The number of nitrogens with one attached hydrogen (secondary N) is 1. The molecule has 0 aromatic carbocycles. The van der Waals surface area contributed by atoms with Crippen LogP contribution in [-0.4, -0.2) is 37.3 Å². The van der Waals surface area contributed by atoms with E-state index in [1.165, 1.54) is 0 Å². The van der Waals surface area contributed by atoms with Crippen LogP contribution in [0.15, 0.2) is 24.9 Å². The number of hydrogen-bond acceptors (Lipinski definition) is 4. The lowest BCUT2D eigenvalue weighted by Gasteiger charge is -2.24. The molecule has 0 unspecified atom stereocenters. The number of halogens is 1. The predicted octanol–water partition coefficient (Wildman–Crippen LogP) is 3.26. The fourth-order valence-corrected chi connectivity index (χ4v) is 1.96. The lowest BCUT2D eigenvalue weighted by atomic mass is 10.1. The molecule has 0 radical (unpaired) electrons. The number of hydrogen-bond donors (Lipinski definition) is 1. The Bertz CT molecular complexity index is 457. The SMILES string of the molecule is C=CCN(CCOC)c1cc(CNC(C)(C)C)c(Cl)cn1. The van der Waals surface area contributed by atoms with Crippen LogP contribution in [0.5, 0.6) is 0 Å². The highest BCUT2D eigenvalue weighted by Crippen LogP contribution is 2.21. The van der Waals surface area contributed by atoms with Crippen molar-refractivity contribution < 1.29 is 4.74 Å². The number of ether oxygens (including phenoxy) is 1. The van der Waals surface area contributed by atoms with Gasteiger partial charge in [-0.1, -0.05) is 17.7 Å². The van der Waals surface area contributed by atoms with E-state index in [9.17, 15) is 0 Å². The van der Waals surface area contributed by atoms with Crippen molar-refractivity contribution >= 4 is 17.4 Å². The molecule has 1 aromatic rings. The maximum absolute atomic E-state index is 6.25. The summed E-state index contributed by atoms with van der Waals surface area (Å²) in [6, 6.07) is 2.03. The van der Waals surface area contributed by atoms with Gasteiger partial charge in [0.25, 0.3) is 0 Å². The number of nitrogens with zero attached hydrogens (tertiary/aromatic N) is 2. The smallest absolute Gasteiger partial charge is 0.129 e. The molecule has 0 aliphatic heterocycles. The third-order valence-corrected chi connectivity index (χ3v) is 3.31. The first-order chi connectivity index (χ1) is 9.87. The maximum atomic E-state index is 6.25. The van der Waals surface area contributed by atoms with Gasteiger partial charge in [0.2, 0.25) is 0 Å². The number of rotatable bonds is 8. The van der Waals surface area contributed by atoms with E-state index in [1.807, 2.05) is 12.1 Å². The molecule has 118 valence electrons. The lowest BCUT2D eigenvalue weighted by molar-refractivity contribution is 0.205. The molecule has 0 fully saturated rings. The Morgan fingerprint density at radius 3 is 2.76 bits per heavy atom. The van der Waals surface area contributed by atoms with Crippen molar-refractivity contribution in [1.29, 1.82) is 0 Å². The quantitative estimate of drug-likeness (QED) is 0.748. The Morgan fingerprint density at radius 1 is 1.48 bits per heavy atom. The van der Waals surface area contributed by atoms with Crippen molar-refractivity contribution in [2.45, 2.75) is 32.9 Å². The number of aromatic nitrogens is 1. The van der Waals surface area contributed by atoms with Gasteiger partial charge in [-0.05, 0) is 32.4 Å². The van der Waals surface area contributed by atoms with Crippen LogP contribution in [0.1, 0.15) is 26.3 Å². The Balaban J connectivity index is 2.89. The van der Waals surface area contributed by atoms with Crippen LogP contribution >= 0.6 is 11.6 Å². The molecule has 0 saturated carbocycles. The third-order valence-electron chi connectivity index (χ3n) is 2.97. The number of anilines is 1. The zero-order valence-electron chi connectivity index (χ0n) is 13.4. The summed E-state index contributed by atoms with van der Waals surface area (Å²) in [5, 5.41) is 4.13. The molecule has 1 N–H and O–H groups in total. The fourth-order valence-electron chi connectivity index (χ4n) is 1.79. The molecule has 0 spiro atoms. The molecular formula is C16H26ClN3O. The van der Waals surface area contributed by atoms with Crippen LogP contribution in [0.4, 0.5) is 5.82 Å². The second-order valence-electron chi connectivity index (χ2n) is 5.96. The van der Waals surface area contributed by atoms with Crippen molar-refractivity contribution in [3.63, 3.8) is 0 Å². The van der Waals surface area contributed by atoms with Gasteiger partial charge < -0.3 is 15.0 Å². The molecule has 0 bridgehead atoms. The van der Waals surface area contributed by atoms with Crippen LogP contribution in [-0.2, 0) is 11.3 Å². The minimum absolute atomic E-state index is 0.0453. The van der Waals surface area contributed by atoms with Crippen LogP contribution in [0.25, 0.3) is 0 Å². The summed E-state index contributed by atoms with van der Waals surface area (Å²) in [5.41, 5.74) is 1.09. The molecule has 0 aliphatic carbocycles. The van der Waals surface area contributed by atoms with E-state index in [-0.39, 0.29) is 5.54 Å². The van der Waals surface area contributed by atoms with Crippen molar-refractivity contribution in [2.75, 3.05) is 31.7 Å². The average Bonchev–Trinajstić information content (AvgIpc) is 2.42. The fraction of sp³-hybridized carbons (Fsp3) is 0.562. The van der Waals surface area contributed by atoms with Gasteiger partial charge in [-0.2, -0.15) is 0 Å². The van der Waals surface area contributed by atoms with Gasteiger partial charge >= 0.3 is 0 Å². The average molecular weight is 312 g/mol. The van der Waals surface area contributed by atoms with Crippen LogP contribution < -0.4 is 10.2 Å². The minimum Gasteiger partial charge on any atom is -0.383 e. The maximum Gasteiger partial charge on any atom is 0.129 e. The Labute approximate surface area is 133 Å².